The Labute approximate surface area is 82.9 Å². The number of nitrogens with two attached hydrogens (primary N) is 1. The van der Waals surface area contributed by atoms with Gasteiger partial charge < -0.3 is 15.7 Å². The smallest absolute Gasteiger partial charge is 0.151 e. The molecule has 0 radical (unpaired) electrons. The minimum Gasteiger partial charge on any atom is -0.395 e. The van der Waals surface area contributed by atoms with Crippen molar-refractivity contribution in [3.8, 4) is 0 Å². The molecule has 0 atom stereocenters. The van der Waals surface area contributed by atoms with Crippen molar-refractivity contribution in [2.45, 2.75) is 0 Å². The zero-order valence-electron chi connectivity index (χ0n) is 7.93. The highest BCUT2D eigenvalue weighted by molar-refractivity contribution is 5.41. The summed E-state index contributed by atoms with van der Waals surface area (Å²) in [6, 6.07) is 3.44. The molecule has 1 aromatic rings. The van der Waals surface area contributed by atoms with Gasteiger partial charge >= 0.3 is 0 Å². The molecule has 1 rings (SSSR count). The number of anilines is 2. The Balaban J connectivity index is 2.76. The lowest BCUT2D eigenvalue weighted by molar-refractivity contribution is 0.302. The van der Waals surface area contributed by atoms with Crippen molar-refractivity contribution in [3.63, 3.8) is 0 Å². The van der Waals surface area contributed by atoms with E-state index in [1.807, 2.05) is 4.90 Å². The Morgan fingerprint density at radius 1 is 1.50 bits per heavy atom. The van der Waals surface area contributed by atoms with Crippen LogP contribution < -0.4 is 10.6 Å². The maximum Gasteiger partial charge on any atom is 0.151 e. The van der Waals surface area contributed by atoms with E-state index in [1.54, 1.807) is 18.2 Å². The molecule has 5 nitrogen and oxygen atoms in total. The van der Waals surface area contributed by atoms with Gasteiger partial charge in [-0.25, -0.2) is 0 Å². The van der Waals surface area contributed by atoms with Gasteiger partial charge in [0.25, 0.3) is 0 Å². The van der Waals surface area contributed by atoms with Gasteiger partial charge in [0, 0.05) is 13.1 Å². The maximum atomic E-state index is 8.83. The van der Waals surface area contributed by atoms with Crippen LogP contribution in [0.3, 0.4) is 0 Å². The van der Waals surface area contributed by atoms with Crippen molar-refractivity contribution in [1.29, 1.82) is 0 Å². The Bertz CT molecular complexity index is 285. The Kier molecular flexibility index (Phi) is 3.87. The highest BCUT2D eigenvalue weighted by Gasteiger charge is 2.05. The fraction of sp³-hybridized carbons (Fsp3) is 0.333. The van der Waals surface area contributed by atoms with Crippen LogP contribution in [-0.2, 0) is 0 Å². The van der Waals surface area contributed by atoms with Crippen molar-refractivity contribution >= 4 is 11.6 Å². The molecule has 14 heavy (non-hydrogen) atoms. The van der Waals surface area contributed by atoms with Crippen molar-refractivity contribution < 1.29 is 5.11 Å². The first-order chi connectivity index (χ1) is 6.77. The van der Waals surface area contributed by atoms with E-state index < -0.39 is 0 Å². The number of rotatable bonds is 5. The number of aliphatic hydroxyl groups excluding tert-OH is 1. The number of nitrogen functional groups attached to an aromatic ring is 1. The third-order valence-electron chi connectivity index (χ3n) is 1.71. The minimum absolute atomic E-state index is 0.0693. The molecule has 3 N–H and O–H groups in total. The average molecular weight is 194 g/mol. The summed E-state index contributed by atoms with van der Waals surface area (Å²) in [5.74, 6) is 1.07. The molecule has 0 aliphatic heterocycles. The second kappa shape index (κ2) is 5.18. The predicted octanol–water partition coefficient (Wildman–Crippen LogP) is 0.0435. The van der Waals surface area contributed by atoms with E-state index >= 15 is 0 Å². The summed E-state index contributed by atoms with van der Waals surface area (Å²) < 4.78 is 0. The van der Waals surface area contributed by atoms with Crippen LogP contribution in [0.5, 0.6) is 0 Å². The van der Waals surface area contributed by atoms with E-state index in [1.165, 1.54) is 0 Å². The van der Waals surface area contributed by atoms with Gasteiger partial charge in [0.1, 0.15) is 5.82 Å². The molecule has 0 aromatic carbocycles. The van der Waals surface area contributed by atoms with Crippen LogP contribution in [0.2, 0.25) is 0 Å². The van der Waals surface area contributed by atoms with E-state index in [2.05, 4.69) is 16.8 Å². The molecule has 0 saturated carbocycles. The summed E-state index contributed by atoms with van der Waals surface area (Å²) in [5.41, 5.74) is 5.41. The molecule has 1 heterocycles. The van der Waals surface area contributed by atoms with Crippen LogP contribution in [0.25, 0.3) is 0 Å². The first kappa shape index (κ1) is 10.5. The zero-order chi connectivity index (χ0) is 10.4. The maximum absolute atomic E-state index is 8.83. The third kappa shape index (κ3) is 2.70. The second-order valence-corrected chi connectivity index (χ2v) is 2.77. The minimum atomic E-state index is 0.0693. The molecule has 0 saturated heterocycles. The molecule has 76 valence electrons. The summed E-state index contributed by atoms with van der Waals surface area (Å²) >= 11 is 0. The summed E-state index contributed by atoms with van der Waals surface area (Å²) in [6.45, 7) is 4.83. The number of nitrogens with zero attached hydrogens (tertiary/aromatic N) is 3. The molecule has 0 amide bonds. The highest BCUT2D eigenvalue weighted by atomic mass is 16.3. The fourth-order valence-corrected chi connectivity index (χ4v) is 1.08. The van der Waals surface area contributed by atoms with Gasteiger partial charge in [-0.2, -0.15) is 0 Å². The summed E-state index contributed by atoms with van der Waals surface area (Å²) in [6.07, 6.45) is 1.74. The van der Waals surface area contributed by atoms with Crippen LogP contribution in [0.15, 0.2) is 24.8 Å². The monoisotopic (exact) mass is 194 g/mol. The third-order valence-corrected chi connectivity index (χ3v) is 1.71. The van der Waals surface area contributed by atoms with E-state index in [-0.39, 0.29) is 6.61 Å². The molecule has 5 heteroatoms. The predicted molar refractivity (Wildman–Crippen MR) is 55.9 cm³/mol. The van der Waals surface area contributed by atoms with Crippen LogP contribution in [0, 0.1) is 0 Å². The van der Waals surface area contributed by atoms with Gasteiger partial charge in [-0.1, -0.05) is 6.08 Å². The summed E-state index contributed by atoms with van der Waals surface area (Å²) in [7, 11) is 0. The molecular weight excluding hydrogens is 180 g/mol. The molecule has 0 spiro atoms. The van der Waals surface area contributed by atoms with E-state index in [0.717, 1.165) is 0 Å². The lowest BCUT2D eigenvalue weighted by atomic mass is 10.4. The topological polar surface area (TPSA) is 75.3 Å². The summed E-state index contributed by atoms with van der Waals surface area (Å²) in [4.78, 5) is 1.86. The van der Waals surface area contributed by atoms with Crippen molar-refractivity contribution in [3.05, 3.63) is 24.8 Å². The van der Waals surface area contributed by atoms with E-state index in [0.29, 0.717) is 24.7 Å². The largest absolute Gasteiger partial charge is 0.395 e. The second-order valence-electron chi connectivity index (χ2n) is 2.77. The van der Waals surface area contributed by atoms with Crippen molar-refractivity contribution in [2.75, 3.05) is 30.3 Å². The quantitative estimate of drug-likeness (QED) is 0.647. The van der Waals surface area contributed by atoms with Gasteiger partial charge in [-0.3, -0.25) is 0 Å². The number of aliphatic hydroxyl groups is 1. The van der Waals surface area contributed by atoms with Crippen molar-refractivity contribution in [2.24, 2.45) is 0 Å². The highest BCUT2D eigenvalue weighted by Crippen LogP contribution is 2.09. The normalized spacial score (nSPS) is 9.79. The zero-order valence-corrected chi connectivity index (χ0v) is 7.93. The summed E-state index contributed by atoms with van der Waals surface area (Å²) in [5, 5.41) is 16.5. The van der Waals surface area contributed by atoms with Crippen LogP contribution in [-0.4, -0.2) is 35.0 Å². The first-order valence-corrected chi connectivity index (χ1v) is 4.34. The van der Waals surface area contributed by atoms with Gasteiger partial charge in [-0.15, -0.1) is 16.8 Å². The van der Waals surface area contributed by atoms with Gasteiger partial charge in [0.15, 0.2) is 5.82 Å². The first-order valence-electron chi connectivity index (χ1n) is 4.34. The standard InChI is InChI=1S/C9H14N4O/c1-2-5-13(6-7-14)9-4-3-8(10)11-12-9/h2-4,14H,1,5-7H2,(H2,10,11). The number of hydrogen-bond acceptors (Lipinski definition) is 5. The molecule has 0 aliphatic carbocycles. The SMILES string of the molecule is C=CCN(CCO)c1ccc(N)nn1. The van der Waals surface area contributed by atoms with E-state index in [4.69, 9.17) is 10.8 Å². The number of aromatic nitrogens is 2. The molecule has 0 bridgehead atoms. The van der Waals surface area contributed by atoms with Crippen LogP contribution >= 0.6 is 0 Å². The lowest BCUT2D eigenvalue weighted by Crippen LogP contribution is -2.27. The molecule has 0 fully saturated rings. The Morgan fingerprint density at radius 3 is 2.79 bits per heavy atom. The average Bonchev–Trinajstić information content (AvgIpc) is 2.19. The Hall–Kier alpha value is -1.62. The van der Waals surface area contributed by atoms with E-state index in [9.17, 15) is 0 Å². The molecule has 1 aromatic heterocycles. The van der Waals surface area contributed by atoms with Crippen LogP contribution in [0.4, 0.5) is 11.6 Å². The molecule has 0 unspecified atom stereocenters. The lowest BCUT2D eigenvalue weighted by Gasteiger charge is -2.19. The van der Waals surface area contributed by atoms with Gasteiger partial charge in [0.2, 0.25) is 0 Å². The van der Waals surface area contributed by atoms with Crippen LogP contribution in [0.1, 0.15) is 0 Å². The van der Waals surface area contributed by atoms with Crippen molar-refractivity contribution in [1.82, 2.24) is 10.2 Å². The molecule has 0 aliphatic rings. The van der Waals surface area contributed by atoms with Gasteiger partial charge in [0.05, 0.1) is 6.61 Å². The Morgan fingerprint density at radius 2 is 2.29 bits per heavy atom. The number of hydrogen-bond donors (Lipinski definition) is 2. The van der Waals surface area contributed by atoms with Gasteiger partial charge in [-0.05, 0) is 12.1 Å². The fourth-order valence-electron chi connectivity index (χ4n) is 1.08. The molecular formula is C9H14N4O.